The molecule has 1 amide bonds. The lowest BCUT2D eigenvalue weighted by molar-refractivity contribution is -0.138. The van der Waals surface area contributed by atoms with E-state index in [9.17, 15) is 23.5 Å². The quantitative estimate of drug-likeness (QED) is 0.328. The van der Waals surface area contributed by atoms with Crippen molar-refractivity contribution in [2.75, 3.05) is 43.4 Å². The van der Waals surface area contributed by atoms with E-state index in [1.807, 2.05) is 0 Å². The highest BCUT2D eigenvalue weighted by molar-refractivity contribution is 5.82. The van der Waals surface area contributed by atoms with Crippen molar-refractivity contribution < 1.29 is 23.5 Å². The minimum Gasteiger partial charge on any atom is -0.480 e. The Hall–Kier alpha value is -3.27. The molecule has 0 unspecified atom stereocenters. The number of para-hydroxylation sites is 1. The minimum absolute atomic E-state index is 0.0855. The van der Waals surface area contributed by atoms with Gasteiger partial charge in [0.15, 0.2) is 0 Å². The standard InChI is InChI=1S/C30H39F2N5O3/c31-30(32)16-22(17-30)24-9-1-2-10-25(24)36-26(29(39)40)18-34-28(38)21-7-4-14-37(19-21)15-5-8-23-12-11-20-6-3-13-33-27(20)35-23/h1-2,9-12,21-22,26,36H,3-8,13-19H2,(H,33,35)(H,34,38)(H,39,40)/t21-,26+/m1/s1. The van der Waals surface area contributed by atoms with Gasteiger partial charge < -0.3 is 26.0 Å². The van der Waals surface area contributed by atoms with Gasteiger partial charge in [-0.05, 0) is 80.8 Å². The number of amides is 1. The molecule has 4 N–H and O–H groups in total. The van der Waals surface area contributed by atoms with E-state index in [4.69, 9.17) is 4.98 Å². The number of nitrogens with zero attached hydrogens (tertiary/aromatic N) is 2. The largest absolute Gasteiger partial charge is 0.480 e. The first kappa shape index (κ1) is 28.3. The van der Waals surface area contributed by atoms with Crippen LogP contribution >= 0.6 is 0 Å². The van der Waals surface area contributed by atoms with Crippen LogP contribution in [0.2, 0.25) is 0 Å². The Kier molecular flexibility index (Phi) is 8.83. The molecule has 1 saturated carbocycles. The Labute approximate surface area is 233 Å². The fraction of sp³-hybridized carbons (Fsp3) is 0.567. The van der Waals surface area contributed by atoms with Crippen molar-refractivity contribution in [3.63, 3.8) is 0 Å². The fourth-order valence-corrected chi connectivity index (χ4v) is 6.06. The Morgan fingerprint density at radius 2 is 2.00 bits per heavy atom. The van der Waals surface area contributed by atoms with Crippen molar-refractivity contribution in [3.8, 4) is 0 Å². The molecular formula is C30H39F2N5O3. The van der Waals surface area contributed by atoms with Crippen LogP contribution in [0.15, 0.2) is 36.4 Å². The second-order valence-electron chi connectivity index (χ2n) is 11.4. The van der Waals surface area contributed by atoms with E-state index in [1.54, 1.807) is 24.3 Å². The van der Waals surface area contributed by atoms with Crippen molar-refractivity contribution >= 4 is 23.4 Å². The molecule has 2 aliphatic heterocycles. The zero-order valence-electron chi connectivity index (χ0n) is 22.8. The van der Waals surface area contributed by atoms with E-state index in [-0.39, 0.29) is 37.1 Å². The maximum Gasteiger partial charge on any atom is 0.327 e. The number of carboxylic acids is 1. The summed E-state index contributed by atoms with van der Waals surface area (Å²) in [4.78, 5) is 32.1. The second-order valence-corrected chi connectivity index (χ2v) is 11.4. The third-order valence-corrected chi connectivity index (χ3v) is 8.33. The molecule has 1 aromatic carbocycles. The van der Waals surface area contributed by atoms with Crippen molar-refractivity contribution in [2.45, 2.75) is 69.2 Å². The van der Waals surface area contributed by atoms with Crippen molar-refractivity contribution in [2.24, 2.45) is 5.92 Å². The number of carbonyl (C=O) groups excluding carboxylic acids is 1. The van der Waals surface area contributed by atoms with Gasteiger partial charge in [-0.1, -0.05) is 24.3 Å². The Morgan fingerprint density at radius 3 is 2.80 bits per heavy atom. The molecule has 40 heavy (non-hydrogen) atoms. The maximum absolute atomic E-state index is 13.4. The van der Waals surface area contributed by atoms with Crippen LogP contribution in [0.3, 0.4) is 0 Å². The van der Waals surface area contributed by atoms with E-state index in [0.717, 1.165) is 69.7 Å². The first-order chi connectivity index (χ1) is 19.3. The summed E-state index contributed by atoms with van der Waals surface area (Å²) < 4.78 is 26.9. The summed E-state index contributed by atoms with van der Waals surface area (Å²) in [6, 6.07) is 10.2. The number of alkyl halides is 2. The van der Waals surface area contributed by atoms with Gasteiger partial charge in [-0.3, -0.25) is 4.79 Å². The molecule has 216 valence electrons. The van der Waals surface area contributed by atoms with Crippen molar-refractivity contribution in [1.29, 1.82) is 0 Å². The van der Waals surface area contributed by atoms with Gasteiger partial charge in [-0.2, -0.15) is 0 Å². The number of carbonyl (C=O) groups is 2. The number of likely N-dealkylation sites (tertiary alicyclic amines) is 1. The lowest BCUT2D eigenvalue weighted by atomic mass is 9.76. The number of rotatable bonds is 11. The minimum atomic E-state index is -2.67. The number of fused-ring (bicyclic) bond motifs is 1. The molecular weight excluding hydrogens is 516 g/mol. The second kappa shape index (κ2) is 12.5. The number of carboxylic acid groups (broad SMARTS) is 1. The summed E-state index contributed by atoms with van der Waals surface area (Å²) in [5.74, 6) is -3.41. The van der Waals surface area contributed by atoms with Crippen LogP contribution in [-0.2, 0) is 22.4 Å². The highest BCUT2D eigenvalue weighted by Gasteiger charge is 2.46. The topological polar surface area (TPSA) is 107 Å². The molecule has 5 rings (SSSR count). The monoisotopic (exact) mass is 555 g/mol. The number of anilines is 2. The predicted molar refractivity (Wildman–Crippen MR) is 150 cm³/mol. The number of piperidine rings is 1. The summed E-state index contributed by atoms with van der Waals surface area (Å²) in [6.07, 6.45) is 5.27. The fourth-order valence-electron chi connectivity index (χ4n) is 6.06. The van der Waals surface area contributed by atoms with Gasteiger partial charge in [-0.25, -0.2) is 18.6 Å². The number of hydrogen-bond donors (Lipinski definition) is 4. The number of benzene rings is 1. The van der Waals surface area contributed by atoms with E-state index < -0.39 is 17.9 Å². The molecule has 10 heteroatoms. The number of hydrogen-bond acceptors (Lipinski definition) is 6. The average molecular weight is 556 g/mol. The molecule has 2 atom stereocenters. The van der Waals surface area contributed by atoms with Crippen LogP contribution in [0.4, 0.5) is 20.3 Å². The summed E-state index contributed by atoms with van der Waals surface area (Å²) in [5.41, 5.74) is 3.58. The summed E-state index contributed by atoms with van der Waals surface area (Å²) in [7, 11) is 0. The van der Waals surface area contributed by atoms with Gasteiger partial charge in [0.05, 0.1) is 5.92 Å². The molecule has 3 aliphatic rings. The van der Waals surface area contributed by atoms with Crippen LogP contribution in [0.1, 0.15) is 61.3 Å². The summed E-state index contributed by atoms with van der Waals surface area (Å²) in [6.45, 7) is 3.36. The first-order valence-electron chi connectivity index (χ1n) is 14.5. The van der Waals surface area contributed by atoms with Crippen LogP contribution in [-0.4, -0.2) is 71.6 Å². The molecule has 0 spiro atoms. The molecule has 3 heterocycles. The van der Waals surface area contributed by atoms with Crippen molar-refractivity contribution in [3.05, 3.63) is 53.2 Å². The summed E-state index contributed by atoms with van der Waals surface area (Å²) >= 11 is 0. The van der Waals surface area contributed by atoms with Crippen LogP contribution in [0, 0.1) is 5.92 Å². The molecule has 1 aliphatic carbocycles. The van der Waals surface area contributed by atoms with Crippen molar-refractivity contribution in [1.82, 2.24) is 15.2 Å². The first-order valence-corrected chi connectivity index (χ1v) is 14.5. The van der Waals surface area contributed by atoms with E-state index in [2.05, 4.69) is 33.0 Å². The predicted octanol–water partition coefficient (Wildman–Crippen LogP) is 4.28. The third kappa shape index (κ3) is 7.08. The number of aromatic nitrogens is 1. The van der Waals surface area contributed by atoms with Gasteiger partial charge in [0.2, 0.25) is 11.8 Å². The molecule has 8 nitrogen and oxygen atoms in total. The Balaban J connectivity index is 1.09. The number of aryl methyl sites for hydroxylation is 2. The zero-order valence-corrected chi connectivity index (χ0v) is 22.8. The lowest BCUT2D eigenvalue weighted by Crippen LogP contribution is -2.47. The normalized spacial score (nSPS) is 21.4. The highest BCUT2D eigenvalue weighted by Crippen LogP contribution is 2.50. The Morgan fingerprint density at radius 1 is 1.18 bits per heavy atom. The highest BCUT2D eigenvalue weighted by atomic mass is 19.3. The molecule has 2 fully saturated rings. The van der Waals surface area contributed by atoms with E-state index >= 15 is 0 Å². The van der Waals surface area contributed by atoms with Gasteiger partial charge >= 0.3 is 5.97 Å². The van der Waals surface area contributed by atoms with E-state index in [0.29, 0.717) is 17.8 Å². The van der Waals surface area contributed by atoms with Gasteiger partial charge in [0.1, 0.15) is 11.9 Å². The van der Waals surface area contributed by atoms with Gasteiger partial charge in [0, 0.05) is 43.9 Å². The Bertz CT molecular complexity index is 1200. The van der Waals surface area contributed by atoms with Gasteiger partial charge in [0.25, 0.3) is 0 Å². The van der Waals surface area contributed by atoms with Crippen LogP contribution < -0.4 is 16.0 Å². The molecule has 0 bridgehead atoms. The SMILES string of the molecule is O=C(NC[C@H](Nc1ccccc1C1CC(F)(F)C1)C(=O)O)[C@@H]1CCCN(CCCc2ccc3c(n2)NCCC3)C1. The molecule has 1 saturated heterocycles. The number of pyridine rings is 1. The molecule has 2 aromatic rings. The maximum atomic E-state index is 13.4. The third-order valence-electron chi connectivity index (χ3n) is 8.33. The van der Waals surface area contributed by atoms with E-state index in [1.165, 1.54) is 5.56 Å². The van der Waals surface area contributed by atoms with Crippen LogP contribution in [0.25, 0.3) is 0 Å². The number of nitrogens with one attached hydrogen (secondary N) is 3. The van der Waals surface area contributed by atoms with Gasteiger partial charge in [-0.15, -0.1) is 0 Å². The number of aliphatic carboxylic acids is 1. The smallest absolute Gasteiger partial charge is 0.327 e. The number of halogens is 2. The average Bonchev–Trinajstić information content (AvgIpc) is 2.94. The van der Waals surface area contributed by atoms with Crippen LogP contribution in [0.5, 0.6) is 0 Å². The molecule has 0 radical (unpaired) electrons. The zero-order chi connectivity index (χ0) is 28.1. The summed E-state index contributed by atoms with van der Waals surface area (Å²) in [5, 5.41) is 19.0. The lowest BCUT2D eigenvalue weighted by Gasteiger charge is -2.36. The molecule has 1 aromatic heterocycles.